The van der Waals surface area contributed by atoms with Crippen molar-refractivity contribution in [2.45, 2.75) is 19.5 Å². The summed E-state index contributed by atoms with van der Waals surface area (Å²) in [6, 6.07) is 13.6. The monoisotopic (exact) mass is 318 g/mol. The van der Waals surface area contributed by atoms with Crippen LogP contribution >= 0.6 is 0 Å². The number of carboxylic acid groups (broad SMARTS) is 1. The predicted octanol–water partition coefficient (Wildman–Crippen LogP) is 3.93. The average molecular weight is 318 g/mol. The Hall–Kier alpha value is -2.28. The fourth-order valence-corrected chi connectivity index (χ4v) is 2.50. The maximum Gasteiger partial charge on any atom is 0.534 e. The molecule has 0 saturated carbocycles. The van der Waals surface area contributed by atoms with Crippen molar-refractivity contribution in [3.05, 3.63) is 76.7 Å². The summed E-state index contributed by atoms with van der Waals surface area (Å²) >= 11 is 0. The molecule has 1 amide bonds. The Morgan fingerprint density at radius 1 is 1.22 bits per heavy atom. The van der Waals surface area contributed by atoms with Gasteiger partial charge in [-0.1, -0.05) is 42.5 Å². The molecule has 0 fully saturated rings. The summed E-state index contributed by atoms with van der Waals surface area (Å²) in [5.74, 6) is -0.379. The van der Waals surface area contributed by atoms with E-state index in [0.717, 1.165) is 0 Å². The number of benzene rings is 2. The van der Waals surface area contributed by atoms with Crippen LogP contribution in [-0.2, 0) is 6.54 Å². The molecule has 0 aliphatic heterocycles. The number of hydrogen-bond donors (Lipinski definition) is 1. The number of quaternary nitrogens is 1. The fraction of sp³-hybridized carbons (Fsp3) is 0.235. The number of nitrogens with zero attached hydrogens (tertiary/aromatic N) is 2. The molecule has 1 N–H and O–H groups in total. The molecular weight excluding hydrogens is 299 g/mol. The Morgan fingerprint density at radius 3 is 2.30 bits per heavy atom. The first-order valence-electron chi connectivity index (χ1n) is 7.20. The van der Waals surface area contributed by atoms with Crippen molar-refractivity contribution in [2.75, 3.05) is 7.05 Å². The molecule has 6 heteroatoms. The Balaban J connectivity index is 2.28. The number of hydroxylamine groups is 2. The van der Waals surface area contributed by atoms with E-state index in [1.807, 2.05) is 0 Å². The van der Waals surface area contributed by atoms with Gasteiger partial charge >= 0.3 is 6.09 Å². The molecule has 0 bridgehead atoms. The second-order valence-electron chi connectivity index (χ2n) is 5.43. The zero-order valence-electron chi connectivity index (χ0n) is 13.0. The van der Waals surface area contributed by atoms with E-state index >= 15 is 0 Å². The van der Waals surface area contributed by atoms with Gasteiger partial charge in [-0.15, -0.1) is 5.01 Å². The van der Waals surface area contributed by atoms with Gasteiger partial charge in [0.15, 0.2) is 0 Å². The minimum absolute atomic E-state index is 0.0905. The molecule has 23 heavy (non-hydrogen) atoms. The first kappa shape index (κ1) is 17.1. The third-order valence-electron chi connectivity index (χ3n) is 3.91. The van der Waals surface area contributed by atoms with Gasteiger partial charge in [0.2, 0.25) is 0 Å². The molecule has 122 valence electrons. The van der Waals surface area contributed by atoms with E-state index in [-0.39, 0.29) is 12.4 Å². The lowest BCUT2D eigenvalue weighted by Gasteiger charge is -2.46. The average Bonchev–Trinajstić information content (AvgIpc) is 2.56. The molecule has 2 rings (SSSR count). The maximum atomic E-state index is 13.1. The van der Waals surface area contributed by atoms with Gasteiger partial charge in [-0.05, 0) is 24.6 Å². The number of amides is 1. The summed E-state index contributed by atoms with van der Waals surface area (Å²) in [5.41, 5.74) is 1.30. The summed E-state index contributed by atoms with van der Waals surface area (Å²) in [7, 11) is 1.45. The van der Waals surface area contributed by atoms with Gasteiger partial charge in [0.05, 0.1) is 6.54 Å². The van der Waals surface area contributed by atoms with E-state index < -0.39 is 16.9 Å². The molecule has 0 radical (unpaired) electrons. The van der Waals surface area contributed by atoms with E-state index in [9.17, 15) is 19.5 Å². The molecule has 0 aromatic heterocycles. The lowest BCUT2D eigenvalue weighted by atomic mass is 10.1. The van der Waals surface area contributed by atoms with Crippen LogP contribution in [0.5, 0.6) is 0 Å². The van der Waals surface area contributed by atoms with Crippen LogP contribution in [0, 0.1) is 11.0 Å². The van der Waals surface area contributed by atoms with Crippen LogP contribution in [0.1, 0.15) is 24.1 Å². The normalized spacial score (nSPS) is 15.2. The molecule has 0 aliphatic carbocycles. The van der Waals surface area contributed by atoms with Crippen molar-refractivity contribution < 1.29 is 19.0 Å². The van der Waals surface area contributed by atoms with Crippen LogP contribution in [0.3, 0.4) is 0 Å². The van der Waals surface area contributed by atoms with Gasteiger partial charge in [-0.2, -0.15) is 9.55 Å². The number of hydrogen-bond acceptors (Lipinski definition) is 3. The second-order valence-corrected chi connectivity index (χ2v) is 5.43. The largest absolute Gasteiger partial charge is 0.601 e. The zero-order chi connectivity index (χ0) is 17.0. The first-order chi connectivity index (χ1) is 10.9. The molecule has 0 spiro atoms. The Labute approximate surface area is 134 Å². The summed E-state index contributed by atoms with van der Waals surface area (Å²) in [5, 5.41) is 23.8. The Bertz CT molecular complexity index is 663. The smallest absolute Gasteiger partial charge is 0.534 e. The van der Waals surface area contributed by atoms with Gasteiger partial charge in [-0.25, -0.2) is 4.39 Å². The highest BCUT2D eigenvalue weighted by Crippen LogP contribution is 2.30. The topological polar surface area (TPSA) is 63.6 Å². The highest BCUT2D eigenvalue weighted by Gasteiger charge is 2.39. The highest BCUT2D eigenvalue weighted by atomic mass is 19.1. The molecule has 2 unspecified atom stereocenters. The van der Waals surface area contributed by atoms with Gasteiger partial charge in [0, 0.05) is 12.6 Å². The lowest BCUT2D eigenvalue weighted by Crippen LogP contribution is -2.58. The molecule has 2 aromatic carbocycles. The molecule has 0 saturated heterocycles. The molecule has 0 heterocycles. The van der Waals surface area contributed by atoms with Crippen molar-refractivity contribution >= 4 is 6.09 Å². The molecule has 5 nitrogen and oxygen atoms in total. The van der Waals surface area contributed by atoms with E-state index in [0.29, 0.717) is 11.1 Å². The lowest BCUT2D eigenvalue weighted by molar-refractivity contribution is -0.954. The van der Waals surface area contributed by atoms with E-state index in [1.165, 1.54) is 36.3 Å². The van der Waals surface area contributed by atoms with E-state index in [4.69, 9.17) is 0 Å². The summed E-state index contributed by atoms with van der Waals surface area (Å²) in [6.45, 7) is 1.67. The fourth-order valence-electron chi connectivity index (χ4n) is 2.50. The van der Waals surface area contributed by atoms with Gasteiger partial charge in [0.1, 0.15) is 11.9 Å². The molecule has 2 aromatic rings. The van der Waals surface area contributed by atoms with Crippen molar-refractivity contribution in [1.29, 1.82) is 0 Å². The van der Waals surface area contributed by atoms with Crippen molar-refractivity contribution in [1.82, 2.24) is 5.01 Å². The van der Waals surface area contributed by atoms with Crippen LogP contribution in [0.4, 0.5) is 9.18 Å². The first-order valence-corrected chi connectivity index (χ1v) is 7.20. The molecule has 0 aliphatic rings. The molecule has 2 atom stereocenters. The second kappa shape index (κ2) is 6.87. The maximum absolute atomic E-state index is 13.1. The third kappa shape index (κ3) is 3.56. The number of rotatable bonds is 5. The van der Waals surface area contributed by atoms with Crippen LogP contribution < -0.4 is 0 Å². The van der Waals surface area contributed by atoms with Crippen LogP contribution in [0.15, 0.2) is 54.6 Å². The van der Waals surface area contributed by atoms with Crippen molar-refractivity contribution in [3.8, 4) is 0 Å². The van der Waals surface area contributed by atoms with Gasteiger partial charge < -0.3 is 10.3 Å². The summed E-state index contributed by atoms with van der Waals surface area (Å²) in [6.07, 6.45) is -1.49. The standard InChI is InChI=1S/C17H19FN2O3/c1-13(15-6-4-3-5-7-15)20(23,17(21)22)19(2)12-14-8-10-16(18)11-9-14/h3-11,13H,12H2,1-2H3,(H,21,22). The quantitative estimate of drug-likeness (QED) is 0.670. The number of carbonyl (C=O) groups is 1. The number of halogens is 1. The van der Waals surface area contributed by atoms with Crippen molar-refractivity contribution in [2.24, 2.45) is 0 Å². The summed E-state index contributed by atoms with van der Waals surface area (Å²) in [4.78, 5) is 11.7. The third-order valence-corrected chi connectivity index (χ3v) is 3.91. The van der Waals surface area contributed by atoms with Gasteiger partial charge in [-0.3, -0.25) is 0 Å². The Kier molecular flexibility index (Phi) is 5.10. The zero-order valence-corrected chi connectivity index (χ0v) is 13.0. The Morgan fingerprint density at radius 2 is 1.78 bits per heavy atom. The van der Waals surface area contributed by atoms with Crippen molar-refractivity contribution in [3.63, 3.8) is 0 Å². The SMILES string of the molecule is CC(c1ccccc1)[N+]([O-])(C(=O)O)N(C)Cc1ccc(F)cc1. The van der Waals surface area contributed by atoms with Crippen LogP contribution in [0.25, 0.3) is 0 Å². The minimum Gasteiger partial charge on any atom is -0.601 e. The van der Waals surface area contributed by atoms with E-state index in [1.54, 1.807) is 37.3 Å². The van der Waals surface area contributed by atoms with Crippen LogP contribution in [0.2, 0.25) is 0 Å². The predicted molar refractivity (Wildman–Crippen MR) is 84.4 cm³/mol. The van der Waals surface area contributed by atoms with E-state index in [2.05, 4.69) is 0 Å². The summed E-state index contributed by atoms with van der Waals surface area (Å²) < 4.78 is 11.4. The highest BCUT2D eigenvalue weighted by molar-refractivity contribution is 5.57. The van der Waals surface area contributed by atoms with Gasteiger partial charge in [0.25, 0.3) is 0 Å². The minimum atomic E-state index is -1.54. The molecular formula is C17H19FN2O3. The van der Waals surface area contributed by atoms with Crippen LogP contribution in [-0.4, -0.2) is 28.0 Å².